The molecular weight excluding hydrogens is 482 g/mol. The number of ether oxygens (including phenoxy) is 1. The largest absolute Gasteiger partial charge is 0.476 e. The summed E-state index contributed by atoms with van der Waals surface area (Å²) in [7, 11) is 0. The number of fused-ring (bicyclic) bond motifs is 1. The van der Waals surface area contributed by atoms with Gasteiger partial charge in [0, 0.05) is 31.7 Å². The van der Waals surface area contributed by atoms with Gasteiger partial charge in [-0.15, -0.1) is 0 Å². The number of carboxylic acids is 1. The van der Waals surface area contributed by atoms with Crippen LogP contribution < -0.4 is 10.2 Å². The lowest BCUT2D eigenvalue weighted by atomic mass is 10.0. The van der Waals surface area contributed by atoms with Gasteiger partial charge >= 0.3 is 5.97 Å². The van der Waals surface area contributed by atoms with Crippen molar-refractivity contribution in [1.82, 2.24) is 19.9 Å². The van der Waals surface area contributed by atoms with Crippen molar-refractivity contribution in [2.75, 3.05) is 49.6 Å². The van der Waals surface area contributed by atoms with Crippen molar-refractivity contribution in [3.63, 3.8) is 0 Å². The first-order chi connectivity index (χ1) is 17.3. The highest BCUT2D eigenvalue weighted by atomic mass is 35.5. The second kappa shape index (κ2) is 9.85. The van der Waals surface area contributed by atoms with Gasteiger partial charge in [-0.05, 0) is 37.6 Å². The summed E-state index contributed by atoms with van der Waals surface area (Å²) in [5, 5.41) is 22.8. The summed E-state index contributed by atoms with van der Waals surface area (Å²) < 4.78 is 5.33. The average molecular weight is 508 g/mol. The van der Waals surface area contributed by atoms with Crippen molar-refractivity contribution in [3.05, 3.63) is 51.9 Å². The summed E-state index contributed by atoms with van der Waals surface area (Å²) in [6, 6.07) is 9.44. The Hall–Kier alpha value is -3.52. The number of pyridine rings is 1. The number of hydrogen-bond donors (Lipinski definition) is 2. The van der Waals surface area contributed by atoms with Crippen LogP contribution in [-0.2, 0) is 4.74 Å². The molecule has 0 saturated carbocycles. The molecule has 2 aliphatic rings. The summed E-state index contributed by atoms with van der Waals surface area (Å²) >= 11 is 5.91. The number of nitrogens with one attached hydrogen (secondary N) is 1. The van der Waals surface area contributed by atoms with Gasteiger partial charge in [0.25, 0.3) is 0 Å². The third kappa shape index (κ3) is 4.65. The maximum Gasteiger partial charge on any atom is 0.356 e. The minimum absolute atomic E-state index is 0.107. The van der Waals surface area contributed by atoms with E-state index in [2.05, 4.69) is 31.2 Å². The van der Waals surface area contributed by atoms with E-state index in [4.69, 9.17) is 21.3 Å². The second-order valence-corrected chi connectivity index (χ2v) is 9.53. The van der Waals surface area contributed by atoms with Gasteiger partial charge < -0.3 is 20.1 Å². The molecule has 0 spiro atoms. The highest BCUT2D eigenvalue weighted by Crippen LogP contribution is 2.31. The Morgan fingerprint density at radius 3 is 2.61 bits per heavy atom. The molecule has 2 aromatic heterocycles. The molecule has 0 bridgehead atoms. The normalized spacial score (nSPS) is 17.4. The molecule has 2 N–H and O–H groups in total. The van der Waals surface area contributed by atoms with Crippen molar-refractivity contribution >= 4 is 40.1 Å². The number of aromatic nitrogens is 3. The lowest BCUT2D eigenvalue weighted by molar-refractivity contribution is -0.0661. The Morgan fingerprint density at radius 1 is 1.22 bits per heavy atom. The molecule has 2 aliphatic heterocycles. The van der Waals surface area contributed by atoms with Gasteiger partial charge in [-0.1, -0.05) is 17.7 Å². The Balaban J connectivity index is 1.49. The number of hydrogen-bond acceptors (Lipinski definition) is 9. The van der Waals surface area contributed by atoms with Crippen molar-refractivity contribution < 1.29 is 14.6 Å². The summed E-state index contributed by atoms with van der Waals surface area (Å²) in [6.45, 7) is 8.68. The van der Waals surface area contributed by atoms with Crippen LogP contribution in [-0.4, -0.2) is 76.4 Å². The van der Waals surface area contributed by atoms with E-state index in [0.29, 0.717) is 34.3 Å². The van der Waals surface area contributed by atoms with E-state index in [9.17, 15) is 15.2 Å². The van der Waals surface area contributed by atoms with E-state index in [0.717, 1.165) is 50.5 Å². The zero-order valence-electron chi connectivity index (χ0n) is 20.0. The molecule has 1 aromatic carbocycles. The predicted octanol–water partition coefficient (Wildman–Crippen LogP) is 3.25. The van der Waals surface area contributed by atoms with Crippen LogP contribution in [0.25, 0.3) is 11.0 Å². The highest BCUT2D eigenvalue weighted by Gasteiger charge is 2.30. The monoisotopic (exact) mass is 507 g/mol. The van der Waals surface area contributed by atoms with E-state index >= 15 is 0 Å². The maximum absolute atomic E-state index is 11.7. The fourth-order valence-corrected chi connectivity index (χ4v) is 4.86. The van der Waals surface area contributed by atoms with Crippen molar-refractivity contribution in [2.24, 2.45) is 0 Å². The smallest absolute Gasteiger partial charge is 0.356 e. The molecule has 5 rings (SSSR count). The van der Waals surface area contributed by atoms with Crippen molar-refractivity contribution in [2.45, 2.75) is 25.9 Å². The van der Waals surface area contributed by atoms with E-state index < -0.39 is 5.97 Å². The van der Waals surface area contributed by atoms with Gasteiger partial charge in [0.2, 0.25) is 0 Å². The second-order valence-electron chi connectivity index (χ2n) is 9.15. The molecule has 2 saturated heterocycles. The zero-order valence-corrected chi connectivity index (χ0v) is 20.8. The van der Waals surface area contributed by atoms with Gasteiger partial charge in [0.15, 0.2) is 17.2 Å². The molecule has 36 heavy (non-hydrogen) atoms. The number of nitriles is 1. The Kier molecular flexibility index (Phi) is 6.62. The molecule has 2 fully saturated rings. The molecule has 1 atom stereocenters. The fraction of sp³-hybridized carbons (Fsp3) is 0.400. The van der Waals surface area contributed by atoms with Crippen LogP contribution in [0.15, 0.2) is 24.3 Å². The SMILES string of the molecule is Cc1cc([C@@H](C)Nc2ccc(Cl)nc2C(=O)O)c2nc(N3CCN(C4COC4)CC3)c(C#N)nc2c1. The minimum Gasteiger partial charge on any atom is -0.476 e. The zero-order chi connectivity index (χ0) is 25.4. The van der Waals surface area contributed by atoms with Gasteiger partial charge in [-0.25, -0.2) is 19.7 Å². The number of aromatic carboxylic acids is 1. The van der Waals surface area contributed by atoms with Gasteiger partial charge in [0.1, 0.15) is 11.2 Å². The minimum atomic E-state index is -1.17. The van der Waals surface area contributed by atoms with Crippen LogP contribution in [0.4, 0.5) is 11.5 Å². The Morgan fingerprint density at radius 2 is 1.97 bits per heavy atom. The number of halogens is 1. The van der Waals surface area contributed by atoms with Crippen molar-refractivity contribution in [3.8, 4) is 6.07 Å². The molecule has 186 valence electrons. The number of carboxylic acid groups (broad SMARTS) is 1. The van der Waals surface area contributed by atoms with Crippen LogP contribution in [0.2, 0.25) is 5.15 Å². The maximum atomic E-state index is 11.7. The van der Waals surface area contributed by atoms with Crippen molar-refractivity contribution in [1.29, 1.82) is 5.26 Å². The quantitative estimate of drug-likeness (QED) is 0.480. The van der Waals surface area contributed by atoms with Crippen LogP contribution >= 0.6 is 11.6 Å². The molecule has 4 heterocycles. The predicted molar refractivity (Wildman–Crippen MR) is 136 cm³/mol. The Bertz CT molecular complexity index is 1360. The number of rotatable bonds is 6. The first-order valence-electron chi connectivity index (χ1n) is 11.8. The number of piperazine rings is 1. The summed E-state index contributed by atoms with van der Waals surface area (Å²) in [5.41, 5.74) is 3.60. The lowest BCUT2D eigenvalue weighted by Crippen LogP contribution is -2.56. The van der Waals surface area contributed by atoms with Crippen LogP contribution in [0.1, 0.15) is 40.3 Å². The highest BCUT2D eigenvalue weighted by molar-refractivity contribution is 6.29. The number of benzene rings is 1. The summed E-state index contributed by atoms with van der Waals surface area (Å²) in [6.07, 6.45) is 0. The van der Waals surface area contributed by atoms with E-state index in [1.807, 2.05) is 26.0 Å². The Labute approximate surface area is 213 Å². The molecular formula is C25H26ClN7O3. The fourth-order valence-electron chi connectivity index (χ4n) is 4.71. The van der Waals surface area contributed by atoms with Gasteiger partial charge in [-0.3, -0.25) is 4.90 Å². The number of anilines is 2. The molecule has 10 nitrogen and oxygen atoms in total. The first-order valence-corrected chi connectivity index (χ1v) is 12.2. The van der Waals surface area contributed by atoms with E-state index in [1.54, 1.807) is 12.1 Å². The lowest BCUT2D eigenvalue weighted by Gasteiger charge is -2.42. The third-order valence-electron chi connectivity index (χ3n) is 6.68. The summed E-state index contributed by atoms with van der Waals surface area (Å²) in [4.78, 5) is 29.8. The number of nitrogens with zero attached hydrogens (tertiary/aromatic N) is 6. The van der Waals surface area contributed by atoms with Crippen LogP contribution in [0, 0.1) is 18.3 Å². The molecule has 11 heteroatoms. The van der Waals surface area contributed by atoms with Crippen LogP contribution in [0.3, 0.4) is 0 Å². The number of aryl methyl sites for hydroxylation is 1. The molecule has 0 aliphatic carbocycles. The molecule has 0 radical (unpaired) electrons. The van der Waals surface area contributed by atoms with Gasteiger partial charge in [-0.2, -0.15) is 5.26 Å². The third-order valence-corrected chi connectivity index (χ3v) is 6.89. The number of carbonyl (C=O) groups is 1. The van der Waals surface area contributed by atoms with Crippen LogP contribution in [0.5, 0.6) is 0 Å². The van der Waals surface area contributed by atoms with E-state index in [-0.39, 0.29) is 16.9 Å². The molecule has 0 unspecified atom stereocenters. The topological polar surface area (TPSA) is 127 Å². The standard InChI is InChI=1S/C25H26ClN7O3/c1-14-9-17(15(2)28-18-3-4-21(26)30-23(18)25(34)35)22-19(10-14)29-20(11-27)24(31-22)33-7-5-32(6-8-33)16-12-36-13-16/h3-4,9-10,15-16,28H,5-8,12-13H2,1-2H3,(H,34,35)/t15-/m1/s1. The molecule has 3 aromatic rings. The summed E-state index contributed by atoms with van der Waals surface area (Å²) in [5.74, 6) is -0.596. The van der Waals surface area contributed by atoms with Gasteiger partial charge in [0.05, 0.1) is 42.0 Å². The van der Waals surface area contributed by atoms with E-state index in [1.165, 1.54) is 0 Å². The molecule has 0 amide bonds. The first kappa shape index (κ1) is 24.2. The average Bonchev–Trinajstić information content (AvgIpc) is 2.83.